The Balaban J connectivity index is 1.44. The summed E-state index contributed by atoms with van der Waals surface area (Å²) < 4.78 is 1.89. The van der Waals surface area contributed by atoms with Crippen LogP contribution in [0.4, 0.5) is 0 Å². The van der Waals surface area contributed by atoms with Crippen LogP contribution in [0.3, 0.4) is 0 Å². The molecular formula is C22H28N6O. The molecule has 2 saturated heterocycles. The number of likely N-dealkylation sites (tertiary alicyclic amines) is 2. The summed E-state index contributed by atoms with van der Waals surface area (Å²) in [6, 6.07) is 4.22. The van der Waals surface area contributed by atoms with Crippen LogP contribution >= 0.6 is 0 Å². The molecule has 4 rings (SSSR count). The molecule has 2 aromatic heterocycles. The predicted molar refractivity (Wildman–Crippen MR) is 108 cm³/mol. The third-order valence-corrected chi connectivity index (χ3v) is 6.26. The summed E-state index contributed by atoms with van der Waals surface area (Å²) in [4.78, 5) is 25.8. The van der Waals surface area contributed by atoms with Crippen LogP contribution in [0.1, 0.15) is 48.3 Å². The quantitative estimate of drug-likeness (QED) is 0.798. The molecule has 2 aromatic rings. The van der Waals surface area contributed by atoms with E-state index in [1.165, 1.54) is 5.56 Å². The van der Waals surface area contributed by atoms with E-state index >= 15 is 0 Å². The molecular weight excluding hydrogens is 364 g/mol. The van der Waals surface area contributed by atoms with Gasteiger partial charge in [0.25, 0.3) is 0 Å². The molecule has 2 fully saturated rings. The van der Waals surface area contributed by atoms with Crippen molar-refractivity contribution < 1.29 is 4.79 Å². The number of aryl methyl sites for hydroxylation is 2. The maximum Gasteiger partial charge on any atom is 0.222 e. The Bertz CT molecular complexity index is 928. The summed E-state index contributed by atoms with van der Waals surface area (Å²) in [6.45, 7) is 6.16. The number of rotatable bonds is 4. The second kappa shape index (κ2) is 7.96. The maximum absolute atomic E-state index is 12.6. The van der Waals surface area contributed by atoms with Crippen LogP contribution in [-0.4, -0.2) is 49.9 Å². The summed E-state index contributed by atoms with van der Waals surface area (Å²) >= 11 is 0. The molecule has 152 valence electrons. The van der Waals surface area contributed by atoms with Crippen molar-refractivity contribution >= 4 is 5.91 Å². The molecule has 2 aliphatic rings. The van der Waals surface area contributed by atoms with Gasteiger partial charge in [0.15, 0.2) is 0 Å². The van der Waals surface area contributed by atoms with Crippen molar-refractivity contribution in [1.29, 1.82) is 5.26 Å². The second-order valence-electron chi connectivity index (χ2n) is 8.67. The van der Waals surface area contributed by atoms with E-state index in [2.05, 4.69) is 20.9 Å². The lowest BCUT2D eigenvalue weighted by Crippen LogP contribution is -2.53. The highest BCUT2D eigenvalue weighted by atomic mass is 16.2. The van der Waals surface area contributed by atoms with Gasteiger partial charge in [0.05, 0.1) is 24.1 Å². The molecule has 0 saturated carbocycles. The van der Waals surface area contributed by atoms with E-state index in [0.29, 0.717) is 18.7 Å². The van der Waals surface area contributed by atoms with Gasteiger partial charge in [-0.15, -0.1) is 0 Å². The molecule has 1 atom stereocenters. The van der Waals surface area contributed by atoms with Gasteiger partial charge in [-0.25, -0.2) is 0 Å². The van der Waals surface area contributed by atoms with Crippen LogP contribution in [0.25, 0.3) is 0 Å². The van der Waals surface area contributed by atoms with Crippen LogP contribution in [0.15, 0.2) is 24.7 Å². The normalized spacial score (nSPS) is 22.8. The molecule has 7 heteroatoms. The Kier molecular flexibility index (Phi) is 5.37. The first kappa shape index (κ1) is 19.6. The topological polar surface area (TPSA) is 78.0 Å². The van der Waals surface area contributed by atoms with Gasteiger partial charge in [0.1, 0.15) is 11.8 Å². The largest absolute Gasteiger partial charge is 0.342 e. The Morgan fingerprint density at radius 3 is 2.79 bits per heavy atom. The lowest BCUT2D eigenvalue weighted by Gasteiger charge is -2.48. The number of hydrogen-bond donors (Lipinski definition) is 0. The van der Waals surface area contributed by atoms with Gasteiger partial charge >= 0.3 is 0 Å². The SMILES string of the molecule is Cc1cnc(CN2CC3(CCCN(Cc4cc(C#N)n(C)c4)C3)CCC2=O)cn1. The number of aromatic nitrogens is 3. The van der Waals surface area contributed by atoms with Gasteiger partial charge in [0.2, 0.25) is 5.91 Å². The van der Waals surface area contributed by atoms with Crippen LogP contribution in [-0.2, 0) is 24.9 Å². The average molecular weight is 393 g/mol. The smallest absolute Gasteiger partial charge is 0.222 e. The Morgan fingerprint density at radius 2 is 2.07 bits per heavy atom. The Hall–Kier alpha value is -2.72. The summed E-state index contributed by atoms with van der Waals surface area (Å²) in [5, 5.41) is 9.20. The lowest BCUT2D eigenvalue weighted by atomic mass is 9.73. The Labute approximate surface area is 172 Å². The zero-order valence-electron chi connectivity index (χ0n) is 17.3. The summed E-state index contributed by atoms with van der Waals surface area (Å²) in [7, 11) is 1.92. The molecule has 4 heterocycles. The number of hydrogen-bond acceptors (Lipinski definition) is 5. The van der Waals surface area contributed by atoms with Crippen molar-refractivity contribution in [2.75, 3.05) is 19.6 Å². The third-order valence-electron chi connectivity index (χ3n) is 6.26. The van der Waals surface area contributed by atoms with Gasteiger partial charge in [-0.2, -0.15) is 5.26 Å². The van der Waals surface area contributed by atoms with Crippen LogP contribution < -0.4 is 0 Å². The number of nitrogens with zero attached hydrogens (tertiary/aromatic N) is 6. The van der Waals surface area contributed by atoms with E-state index in [4.69, 9.17) is 0 Å². The van der Waals surface area contributed by atoms with Crippen molar-refractivity contribution in [2.24, 2.45) is 12.5 Å². The average Bonchev–Trinajstić information content (AvgIpc) is 3.06. The molecule has 0 radical (unpaired) electrons. The zero-order chi connectivity index (χ0) is 20.4. The van der Waals surface area contributed by atoms with Crippen molar-refractivity contribution in [3.05, 3.63) is 47.3 Å². The lowest BCUT2D eigenvalue weighted by molar-refractivity contribution is -0.140. The first-order valence-electron chi connectivity index (χ1n) is 10.3. The van der Waals surface area contributed by atoms with Gasteiger partial charge in [-0.05, 0) is 44.4 Å². The maximum atomic E-state index is 12.6. The fraction of sp³-hybridized carbons (Fsp3) is 0.545. The summed E-state index contributed by atoms with van der Waals surface area (Å²) in [5.74, 6) is 0.219. The number of carbonyl (C=O) groups excluding carboxylic acids is 1. The van der Waals surface area contributed by atoms with E-state index in [0.717, 1.165) is 56.8 Å². The van der Waals surface area contributed by atoms with Crippen molar-refractivity contribution in [1.82, 2.24) is 24.3 Å². The monoisotopic (exact) mass is 392 g/mol. The summed E-state index contributed by atoms with van der Waals surface area (Å²) in [5.41, 5.74) is 3.76. The van der Waals surface area contributed by atoms with E-state index < -0.39 is 0 Å². The fourth-order valence-corrected chi connectivity index (χ4v) is 4.81. The molecule has 2 aliphatic heterocycles. The van der Waals surface area contributed by atoms with Crippen molar-refractivity contribution in [2.45, 2.75) is 45.7 Å². The van der Waals surface area contributed by atoms with Gasteiger partial charge < -0.3 is 9.47 Å². The molecule has 0 N–H and O–H groups in total. The zero-order valence-corrected chi connectivity index (χ0v) is 17.3. The third kappa shape index (κ3) is 4.33. The standard InChI is InChI=1S/C22H28N6O/c1-17-10-25-19(11-24-17)14-28-16-22(6-4-21(28)29)5-3-7-27(15-22)13-18-8-20(9-23)26(2)12-18/h8,10-12H,3-7,13-16H2,1-2H3. The Morgan fingerprint density at radius 1 is 1.21 bits per heavy atom. The van der Waals surface area contributed by atoms with E-state index in [9.17, 15) is 10.1 Å². The first-order valence-corrected chi connectivity index (χ1v) is 10.3. The highest BCUT2D eigenvalue weighted by Gasteiger charge is 2.41. The molecule has 0 bridgehead atoms. The van der Waals surface area contributed by atoms with Crippen molar-refractivity contribution in [3.63, 3.8) is 0 Å². The second-order valence-corrected chi connectivity index (χ2v) is 8.67. The van der Waals surface area contributed by atoms with Crippen LogP contribution in [0.2, 0.25) is 0 Å². The number of piperidine rings is 2. The molecule has 0 aromatic carbocycles. The minimum absolute atomic E-state index is 0.150. The molecule has 1 amide bonds. The minimum atomic E-state index is 0.150. The van der Waals surface area contributed by atoms with E-state index in [1.54, 1.807) is 12.4 Å². The van der Waals surface area contributed by atoms with Crippen LogP contribution in [0, 0.1) is 23.7 Å². The van der Waals surface area contributed by atoms with Gasteiger partial charge in [0, 0.05) is 50.9 Å². The van der Waals surface area contributed by atoms with Gasteiger partial charge in [-0.1, -0.05) is 0 Å². The molecule has 0 aliphatic carbocycles. The molecule has 29 heavy (non-hydrogen) atoms. The highest BCUT2D eigenvalue weighted by Crippen LogP contribution is 2.39. The molecule has 1 unspecified atom stereocenters. The first-order chi connectivity index (χ1) is 14.0. The van der Waals surface area contributed by atoms with E-state index in [1.807, 2.05) is 35.7 Å². The summed E-state index contributed by atoms with van der Waals surface area (Å²) in [6.07, 6.45) is 9.45. The number of nitriles is 1. The van der Waals surface area contributed by atoms with Crippen molar-refractivity contribution in [3.8, 4) is 6.07 Å². The minimum Gasteiger partial charge on any atom is -0.342 e. The fourth-order valence-electron chi connectivity index (χ4n) is 4.81. The molecule has 7 nitrogen and oxygen atoms in total. The number of amides is 1. The number of carbonyl (C=O) groups is 1. The van der Waals surface area contributed by atoms with E-state index in [-0.39, 0.29) is 11.3 Å². The predicted octanol–water partition coefficient (Wildman–Crippen LogP) is 2.40. The van der Waals surface area contributed by atoms with Gasteiger partial charge in [-0.3, -0.25) is 19.7 Å². The van der Waals surface area contributed by atoms with Crippen LogP contribution in [0.5, 0.6) is 0 Å². The highest BCUT2D eigenvalue weighted by molar-refractivity contribution is 5.77. The molecule has 1 spiro atoms.